The topological polar surface area (TPSA) is 78.9 Å². The minimum atomic E-state index is -0.136. The maximum absolute atomic E-state index is 10.6. The van der Waals surface area contributed by atoms with Gasteiger partial charge >= 0.3 is 17.9 Å². The third-order valence-electron chi connectivity index (χ3n) is 3.23. The van der Waals surface area contributed by atoms with E-state index in [0.717, 1.165) is 38.5 Å². The van der Waals surface area contributed by atoms with E-state index < -0.39 is 0 Å². The van der Waals surface area contributed by atoms with Crippen LogP contribution in [0.1, 0.15) is 78.6 Å². The summed E-state index contributed by atoms with van der Waals surface area (Å²) in [4.78, 5) is 31.9. The standard InChI is InChI=1S/3C7H14O2S.Sb/c3*1-2-3-5-9-7(8)4-6-10;/h3*10H,2-6H2,1H3;. The van der Waals surface area contributed by atoms with Crippen LogP contribution in [0.4, 0.5) is 0 Å². The van der Waals surface area contributed by atoms with Gasteiger partial charge in [0.05, 0.1) is 39.1 Å². The SMILES string of the molecule is CCCCOC(=O)CCS.CCCCOC(=O)CCS.CCCCOC(=O)CCS.[Sb]. The van der Waals surface area contributed by atoms with Crippen LogP contribution in [-0.4, -0.2) is 79.4 Å². The average Bonchev–Trinajstić information content (AvgIpc) is 2.70. The third kappa shape index (κ3) is 41.1. The van der Waals surface area contributed by atoms with Crippen LogP contribution in [0.15, 0.2) is 0 Å². The second-order valence-electron chi connectivity index (χ2n) is 6.14. The predicted octanol–water partition coefficient (Wildman–Crippen LogP) is 4.57. The van der Waals surface area contributed by atoms with Gasteiger partial charge in [-0.2, -0.15) is 37.9 Å². The third-order valence-corrected chi connectivity index (χ3v) is 3.90. The number of carbonyl (C=O) groups is 3. The van der Waals surface area contributed by atoms with Crippen molar-refractivity contribution in [3.05, 3.63) is 0 Å². The molecular formula is C21H42O6S3Sb. The molecule has 0 atom stereocenters. The van der Waals surface area contributed by atoms with E-state index in [0.29, 0.717) is 56.3 Å². The van der Waals surface area contributed by atoms with Crippen molar-refractivity contribution >= 4 is 80.2 Å². The normalized spacial score (nSPS) is 9.10. The van der Waals surface area contributed by atoms with E-state index in [1.807, 2.05) is 0 Å². The van der Waals surface area contributed by atoms with Gasteiger partial charge in [0.15, 0.2) is 0 Å². The van der Waals surface area contributed by atoms with Crippen molar-refractivity contribution in [2.75, 3.05) is 37.1 Å². The van der Waals surface area contributed by atoms with Gasteiger partial charge in [0.2, 0.25) is 0 Å². The molecule has 0 aliphatic heterocycles. The van der Waals surface area contributed by atoms with Crippen LogP contribution >= 0.6 is 37.9 Å². The molecule has 0 aromatic heterocycles. The maximum atomic E-state index is 10.6. The Morgan fingerprint density at radius 3 is 0.935 bits per heavy atom. The summed E-state index contributed by atoms with van der Waals surface area (Å²) < 4.78 is 14.5. The van der Waals surface area contributed by atoms with E-state index >= 15 is 0 Å². The second kappa shape index (κ2) is 34.9. The predicted molar refractivity (Wildman–Crippen MR) is 139 cm³/mol. The van der Waals surface area contributed by atoms with Gasteiger partial charge in [-0.25, -0.2) is 0 Å². The number of carbonyl (C=O) groups excluding carboxylic acids is 3. The molecule has 0 aliphatic carbocycles. The molecule has 0 saturated carbocycles. The molecule has 185 valence electrons. The summed E-state index contributed by atoms with van der Waals surface area (Å²) in [5, 5.41) is 0. The zero-order chi connectivity index (χ0) is 23.5. The Labute approximate surface area is 223 Å². The first kappa shape index (κ1) is 38.5. The van der Waals surface area contributed by atoms with E-state index in [4.69, 9.17) is 14.2 Å². The van der Waals surface area contributed by atoms with E-state index in [1.165, 1.54) is 0 Å². The summed E-state index contributed by atoms with van der Waals surface area (Å²) in [5.41, 5.74) is 0. The molecule has 10 heteroatoms. The first-order valence-electron chi connectivity index (χ1n) is 10.7. The fourth-order valence-corrected chi connectivity index (χ4v) is 2.03. The van der Waals surface area contributed by atoms with E-state index in [2.05, 4.69) is 58.7 Å². The molecule has 0 N–H and O–H groups in total. The molecule has 0 aromatic rings. The Morgan fingerprint density at radius 2 is 0.774 bits per heavy atom. The molecule has 0 unspecified atom stereocenters. The molecule has 3 radical (unpaired) electrons. The molecule has 6 nitrogen and oxygen atoms in total. The van der Waals surface area contributed by atoms with Gasteiger partial charge in [0.25, 0.3) is 0 Å². The Balaban J connectivity index is -0.000000174. The fourth-order valence-electron chi connectivity index (χ4n) is 1.48. The zero-order valence-corrected chi connectivity index (χ0v) is 24.6. The maximum Gasteiger partial charge on any atom is 0.306 e. The Hall–Kier alpha value is 0.278. The fraction of sp³-hybridized carbons (Fsp3) is 0.857. The summed E-state index contributed by atoms with van der Waals surface area (Å²) >= 11 is 11.7. The molecule has 0 spiro atoms. The molecule has 0 fully saturated rings. The van der Waals surface area contributed by atoms with Crippen molar-refractivity contribution in [2.45, 2.75) is 78.6 Å². The van der Waals surface area contributed by atoms with E-state index in [-0.39, 0.29) is 42.3 Å². The molecule has 0 rings (SSSR count). The van der Waals surface area contributed by atoms with Crippen molar-refractivity contribution in [2.24, 2.45) is 0 Å². The van der Waals surface area contributed by atoms with Crippen LogP contribution in [0, 0.1) is 0 Å². The molecule has 0 heterocycles. The van der Waals surface area contributed by atoms with Gasteiger partial charge in [-0.3, -0.25) is 14.4 Å². The van der Waals surface area contributed by atoms with E-state index in [9.17, 15) is 14.4 Å². The van der Waals surface area contributed by atoms with Crippen LogP contribution in [0.3, 0.4) is 0 Å². The van der Waals surface area contributed by atoms with Gasteiger partial charge in [-0.05, 0) is 19.3 Å². The number of hydrogen-bond acceptors (Lipinski definition) is 9. The van der Waals surface area contributed by atoms with Gasteiger partial charge in [-0.15, -0.1) is 0 Å². The Kier molecular flexibility index (Phi) is 43.4. The number of rotatable bonds is 15. The molecule has 0 aromatic carbocycles. The number of thiol groups is 3. The monoisotopic (exact) mass is 607 g/mol. The Morgan fingerprint density at radius 1 is 0.548 bits per heavy atom. The zero-order valence-electron chi connectivity index (χ0n) is 19.3. The molecule has 0 bridgehead atoms. The van der Waals surface area contributed by atoms with Crippen LogP contribution in [-0.2, 0) is 28.6 Å². The number of hydrogen-bond donors (Lipinski definition) is 3. The summed E-state index contributed by atoms with van der Waals surface area (Å²) in [7, 11) is 0. The van der Waals surface area contributed by atoms with Crippen LogP contribution < -0.4 is 0 Å². The van der Waals surface area contributed by atoms with E-state index in [1.54, 1.807) is 0 Å². The first-order valence-corrected chi connectivity index (χ1v) is 12.6. The largest absolute Gasteiger partial charge is 0.466 e. The Bertz CT molecular complexity index is 344. The number of ether oxygens (including phenoxy) is 3. The van der Waals surface area contributed by atoms with Gasteiger partial charge in [-0.1, -0.05) is 40.0 Å². The van der Waals surface area contributed by atoms with Crippen molar-refractivity contribution in [1.82, 2.24) is 0 Å². The van der Waals surface area contributed by atoms with Crippen molar-refractivity contribution in [3.8, 4) is 0 Å². The number of unbranched alkanes of at least 4 members (excludes halogenated alkanes) is 3. The minimum Gasteiger partial charge on any atom is -0.466 e. The average molecular weight is 609 g/mol. The van der Waals surface area contributed by atoms with Crippen molar-refractivity contribution < 1.29 is 28.6 Å². The summed E-state index contributed by atoms with van der Waals surface area (Å²) in [6, 6.07) is 0. The van der Waals surface area contributed by atoms with Crippen molar-refractivity contribution in [1.29, 1.82) is 0 Å². The van der Waals surface area contributed by atoms with Crippen LogP contribution in [0.2, 0.25) is 0 Å². The molecule has 0 saturated heterocycles. The van der Waals surface area contributed by atoms with Gasteiger partial charge in [0, 0.05) is 41.7 Å². The summed E-state index contributed by atoms with van der Waals surface area (Å²) in [6.07, 6.45) is 7.33. The smallest absolute Gasteiger partial charge is 0.306 e. The first-order chi connectivity index (χ1) is 14.4. The van der Waals surface area contributed by atoms with Crippen LogP contribution in [0.5, 0.6) is 0 Å². The van der Waals surface area contributed by atoms with Crippen LogP contribution in [0.25, 0.3) is 0 Å². The molecule has 0 aliphatic rings. The molecule has 0 amide bonds. The quantitative estimate of drug-likeness (QED) is 0.0832. The summed E-state index contributed by atoms with van der Waals surface area (Å²) in [5.74, 6) is 1.32. The van der Waals surface area contributed by atoms with Gasteiger partial charge < -0.3 is 14.2 Å². The van der Waals surface area contributed by atoms with Crippen molar-refractivity contribution in [3.63, 3.8) is 0 Å². The number of esters is 3. The summed E-state index contributed by atoms with van der Waals surface area (Å²) in [6.45, 7) is 7.86. The molecular weight excluding hydrogens is 566 g/mol. The van der Waals surface area contributed by atoms with Gasteiger partial charge in [0.1, 0.15) is 0 Å². The second-order valence-corrected chi connectivity index (χ2v) is 7.48. The molecule has 31 heavy (non-hydrogen) atoms. The minimum absolute atomic E-state index is 0.